The Morgan fingerprint density at radius 3 is 2.62 bits per heavy atom. The first-order valence-corrected chi connectivity index (χ1v) is 8.50. The predicted molar refractivity (Wildman–Crippen MR) is 87.0 cm³/mol. The molecule has 3 aliphatic rings. The third-order valence-corrected chi connectivity index (χ3v) is 5.84. The summed E-state index contributed by atoms with van der Waals surface area (Å²) in [6, 6.07) is 4.49. The van der Waals surface area contributed by atoms with Gasteiger partial charge < -0.3 is 10.0 Å². The molecule has 2 aliphatic carbocycles. The fourth-order valence-corrected chi connectivity index (χ4v) is 4.71. The molecular weight excluding hydrogens is 309 g/mol. The van der Waals surface area contributed by atoms with Gasteiger partial charge in [-0.05, 0) is 61.8 Å². The highest BCUT2D eigenvalue weighted by Gasteiger charge is 2.53. The van der Waals surface area contributed by atoms with E-state index in [4.69, 9.17) is 0 Å². The lowest BCUT2D eigenvalue weighted by atomic mass is 9.81. The molecule has 5 atom stereocenters. The van der Waals surface area contributed by atoms with Gasteiger partial charge in [-0.25, -0.2) is 4.39 Å². The van der Waals surface area contributed by atoms with Gasteiger partial charge in [0.25, 0.3) is 0 Å². The molecule has 1 amide bonds. The van der Waals surface area contributed by atoms with Crippen molar-refractivity contribution < 1.29 is 19.1 Å². The van der Waals surface area contributed by atoms with Crippen LogP contribution in [-0.2, 0) is 16.0 Å². The molecule has 1 aromatic rings. The molecule has 0 aromatic heterocycles. The number of nitrogens with zero attached hydrogens (tertiary/aromatic N) is 1. The maximum absolute atomic E-state index is 13.5. The van der Waals surface area contributed by atoms with Crippen LogP contribution >= 0.6 is 0 Å². The van der Waals surface area contributed by atoms with Crippen LogP contribution in [0.4, 0.5) is 10.1 Å². The zero-order chi connectivity index (χ0) is 17.0. The van der Waals surface area contributed by atoms with Gasteiger partial charge in [0, 0.05) is 11.7 Å². The van der Waals surface area contributed by atoms with Gasteiger partial charge in [0.2, 0.25) is 5.91 Å². The van der Waals surface area contributed by atoms with Gasteiger partial charge in [0.15, 0.2) is 0 Å². The maximum Gasteiger partial charge on any atom is 0.307 e. The highest BCUT2D eigenvalue weighted by atomic mass is 19.1. The average molecular weight is 329 g/mol. The maximum atomic E-state index is 13.5. The van der Waals surface area contributed by atoms with Crippen molar-refractivity contribution in [3.8, 4) is 0 Å². The van der Waals surface area contributed by atoms with Crippen LogP contribution in [0.5, 0.6) is 0 Å². The van der Waals surface area contributed by atoms with Gasteiger partial charge in [-0.3, -0.25) is 9.59 Å². The zero-order valence-electron chi connectivity index (χ0n) is 13.5. The second kappa shape index (κ2) is 5.43. The number of aliphatic carboxylic acids is 1. The van der Waals surface area contributed by atoms with E-state index in [-0.39, 0.29) is 29.6 Å². The topological polar surface area (TPSA) is 57.6 Å². The number of rotatable bonds is 2. The molecule has 2 bridgehead atoms. The summed E-state index contributed by atoms with van der Waals surface area (Å²) in [6.07, 6.45) is 6.17. The van der Waals surface area contributed by atoms with Gasteiger partial charge in [-0.1, -0.05) is 12.2 Å². The summed E-state index contributed by atoms with van der Waals surface area (Å²) in [5.41, 5.74) is 1.56. The van der Waals surface area contributed by atoms with Gasteiger partial charge in [0.05, 0.1) is 11.8 Å². The van der Waals surface area contributed by atoms with Crippen molar-refractivity contribution in [1.29, 1.82) is 0 Å². The Labute approximate surface area is 140 Å². The molecule has 1 saturated carbocycles. The number of anilines is 1. The van der Waals surface area contributed by atoms with E-state index in [1.54, 1.807) is 11.0 Å². The number of carboxylic acid groups (broad SMARTS) is 1. The molecule has 5 heteroatoms. The van der Waals surface area contributed by atoms with Crippen molar-refractivity contribution in [2.75, 3.05) is 4.90 Å². The number of allylic oxidation sites excluding steroid dienone is 2. The molecular formula is C19H20FNO3. The van der Waals surface area contributed by atoms with E-state index < -0.39 is 17.8 Å². The molecule has 1 heterocycles. The second-order valence-corrected chi connectivity index (χ2v) is 7.21. The molecule has 4 nitrogen and oxygen atoms in total. The monoisotopic (exact) mass is 329 g/mol. The number of carbonyl (C=O) groups is 2. The molecule has 1 N–H and O–H groups in total. The van der Waals surface area contributed by atoms with Crippen LogP contribution in [0.2, 0.25) is 0 Å². The van der Waals surface area contributed by atoms with E-state index in [0.717, 1.165) is 30.5 Å². The molecule has 0 saturated heterocycles. The fraction of sp³-hybridized carbons (Fsp3) is 0.474. The molecule has 126 valence electrons. The number of benzene rings is 1. The smallest absolute Gasteiger partial charge is 0.307 e. The quantitative estimate of drug-likeness (QED) is 0.849. The SMILES string of the molecule is CC1CCc2cc(F)ccc2N1C(=O)C1C2C=CC(C2)C1C(=O)O. The Balaban J connectivity index is 1.72. The Morgan fingerprint density at radius 1 is 1.21 bits per heavy atom. The Bertz CT molecular complexity index is 744. The van der Waals surface area contributed by atoms with E-state index >= 15 is 0 Å². The van der Waals surface area contributed by atoms with Gasteiger partial charge >= 0.3 is 5.97 Å². The van der Waals surface area contributed by atoms with Crippen LogP contribution in [0.1, 0.15) is 25.3 Å². The van der Waals surface area contributed by atoms with Crippen LogP contribution in [0.15, 0.2) is 30.4 Å². The molecule has 0 radical (unpaired) electrons. The summed E-state index contributed by atoms with van der Waals surface area (Å²) in [4.78, 5) is 26.7. The molecule has 24 heavy (non-hydrogen) atoms. The van der Waals surface area contributed by atoms with Crippen LogP contribution in [0, 0.1) is 29.5 Å². The van der Waals surface area contributed by atoms with Crippen LogP contribution < -0.4 is 4.90 Å². The van der Waals surface area contributed by atoms with Crippen molar-refractivity contribution in [2.24, 2.45) is 23.7 Å². The summed E-state index contributed by atoms with van der Waals surface area (Å²) in [6.45, 7) is 1.98. The summed E-state index contributed by atoms with van der Waals surface area (Å²) < 4.78 is 13.5. The van der Waals surface area contributed by atoms with Gasteiger partial charge in [-0.2, -0.15) is 0 Å². The second-order valence-electron chi connectivity index (χ2n) is 7.21. The molecule has 1 aliphatic heterocycles. The van der Waals surface area contributed by atoms with E-state index in [0.29, 0.717) is 0 Å². The van der Waals surface area contributed by atoms with Crippen molar-refractivity contribution in [2.45, 2.75) is 32.2 Å². The highest BCUT2D eigenvalue weighted by Crippen LogP contribution is 2.49. The standard InChI is InChI=1S/C19H20FNO3/c1-10-2-3-11-9-14(20)6-7-15(11)21(10)18(22)16-12-4-5-13(8-12)17(16)19(23)24/h4-7,9-10,12-13,16-17H,2-3,8H2,1H3,(H,23,24). The van der Waals surface area contributed by atoms with Gasteiger partial charge in [-0.15, -0.1) is 0 Å². The summed E-state index contributed by atoms with van der Waals surface area (Å²) in [5, 5.41) is 9.60. The number of amides is 1. The van der Waals surface area contributed by atoms with Gasteiger partial charge in [0.1, 0.15) is 5.82 Å². The summed E-state index contributed by atoms with van der Waals surface area (Å²) in [7, 11) is 0. The lowest BCUT2D eigenvalue weighted by molar-refractivity contribution is -0.147. The van der Waals surface area contributed by atoms with Crippen LogP contribution in [-0.4, -0.2) is 23.0 Å². The Morgan fingerprint density at radius 2 is 1.92 bits per heavy atom. The lowest BCUT2D eigenvalue weighted by Gasteiger charge is -2.39. The van der Waals surface area contributed by atoms with E-state index in [2.05, 4.69) is 0 Å². The third-order valence-electron chi connectivity index (χ3n) is 5.84. The molecule has 0 spiro atoms. The summed E-state index contributed by atoms with van der Waals surface area (Å²) in [5.74, 6) is -2.53. The largest absolute Gasteiger partial charge is 0.481 e. The van der Waals surface area contributed by atoms with Crippen molar-refractivity contribution >= 4 is 17.6 Å². The van der Waals surface area contributed by atoms with E-state index in [1.807, 2.05) is 19.1 Å². The minimum atomic E-state index is -0.894. The minimum absolute atomic E-state index is 0.00150. The number of carboxylic acids is 1. The molecule has 1 aromatic carbocycles. The first-order chi connectivity index (χ1) is 11.5. The van der Waals surface area contributed by atoms with Crippen molar-refractivity contribution in [3.05, 3.63) is 41.7 Å². The number of hydrogen-bond donors (Lipinski definition) is 1. The molecule has 4 rings (SSSR count). The van der Waals surface area contributed by atoms with Crippen molar-refractivity contribution in [3.63, 3.8) is 0 Å². The first kappa shape index (κ1) is 15.4. The number of fused-ring (bicyclic) bond motifs is 3. The van der Waals surface area contributed by atoms with Crippen molar-refractivity contribution in [1.82, 2.24) is 0 Å². The molecule has 5 unspecified atom stereocenters. The molecule has 1 fully saturated rings. The number of aryl methyl sites for hydroxylation is 1. The van der Waals surface area contributed by atoms with E-state index in [1.165, 1.54) is 12.1 Å². The van der Waals surface area contributed by atoms with Crippen LogP contribution in [0.25, 0.3) is 0 Å². The number of halogens is 1. The third kappa shape index (κ3) is 2.18. The van der Waals surface area contributed by atoms with Crippen LogP contribution in [0.3, 0.4) is 0 Å². The zero-order valence-corrected chi connectivity index (χ0v) is 13.5. The Kier molecular flexibility index (Phi) is 3.48. The van der Waals surface area contributed by atoms with E-state index in [9.17, 15) is 19.1 Å². The predicted octanol–water partition coefficient (Wildman–Crippen LogP) is 3.02. The normalized spacial score (nSPS) is 33.6. The Hall–Kier alpha value is -2.17. The number of carbonyl (C=O) groups excluding carboxylic acids is 1. The fourth-order valence-electron chi connectivity index (χ4n) is 4.71. The summed E-state index contributed by atoms with van der Waals surface area (Å²) >= 11 is 0. The average Bonchev–Trinajstić information content (AvgIpc) is 3.15. The minimum Gasteiger partial charge on any atom is -0.481 e. The highest BCUT2D eigenvalue weighted by molar-refractivity contribution is 5.99. The number of hydrogen-bond acceptors (Lipinski definition) is 2. The first-order valence-electron chi connectivity index (χ1n) is 8.50. The lowest BCUT2D eigenvalue weighted by Crippen LogP contribution is -2.48.